The van der Waals surface area contributed by atoms with Gasteiger partial charge in [-0.15, -0.1) is 0 Å². The molecule has 3 amide bonds. The average Bonchev–Trinajstić information content (AvgIpc) is 2.86. The summed E-state index contributed by atoms with van der Waals surface area (Å²) in [6, 6.07) is 9.00. The van der Waals surface area contributed by atoms with E-state index in [1.165, 1.54) is 11.3 Å². The van der Waals surface area contributed by atoms with Gasteiger partial charge in [0.1, 0.15) is 0 Å². The SMILES string of the molecule is Cn1nc(-c2ccccc2)c2c1CCN(C(=O)[C@@H](N)CCCNC(N)=O)CC2. The molecule has 1 aliphatic rings. The Morgan fingerprint density at radius 3 is 2.64 bits per heavy atom. The van der Waals surface area contributed by atoms with Gasteiger partial charge in [-0.05, 0) is 19.3 Å². The quantitative estimate of drug-likeness (QED) is 0.638. The summed E-state index contributed by atoms with van der Waals surface area (Å²) in [4.78, 5) is 25.3. The second kappa shape index (κ2) is 8.88. The van der Waals surface area contributed by atoms with E-state index >= 15 is 0 Å². The van der Waals surface area contributed by atoms with Crippen molar-refractivity contribution >= 4 is 11.9 Å². The van der Waals surface area contributed by atoms with Crippen LogP contribution in [0.2, 0.25) is 0 Å². The van der Waals surface area contributed by atoms with Crippen LogP contribution in [0.3, 0.4) is 0 Å². The molecule has 3 rings (SSSR count). The molecule has 0 saturated heterocycles. The highest BCUT2D eigenvalue weighted by molar-refractivity contribution is 5.82. The zero-order valence-electron chi connectivity index (χ0n) is 16.2. The van der Waals surface area contributed by atoms with Crippen LogP contribution in [0.25, 0.3) is 11.3 Å². The van der Waals surface area contributed by atoms with Crippen molar-refractivity contribution in [3.63, 3.8) is 0 Å². The zero-order chi connectivity index (χ0) is 20.1. The molecule has 1 atom stereocenters. The largest absolute Gasteiger partial charge is 0.352 e. The summed E-state index contributed by atoms with van der Waals surface area (Å²) in [5.74, 6) is -0.0406. The molecule has 0 unspecified atom stereocenters. The van der Waals surface area contributed by atoms with Crippen molar-refractivity contribution in [2.75, 3.05) is 19.6 Å². The van der Waals surface area contributed by atoms with E-state index in [9.17, 15) is 9.59 Å². The Bertz CT molecular complexity index is 833. The Morgan fingerprint density at radius 1 is 1.21 bits per heavy atom. The number of nitrogens with two attached hydrogens (primary N) is 2. The van der Waals surface area contributed by atoms with Crippen molar-refractivity contribution in [1.82, 2.24) is 20.0 Å². The Hall–Kier alpha value is -2.87. The highest BCUT2D eigenvalue weighted by Crippen LogP contribution is 2.28. The number of fused-ring (bicyclic) bond motifs is 1. The smallest absolute Gasteiger partial charge is 0.312 e. The van der Waals surface area contributed by atoms with Crippen LogP contribution in [0, 0.1) is 0 Å². The first kappa shape index (κ1) is 19.9. The number of primary amides is 1. The fourth-order valence-electron chi connectivity index (χ4n) is 3.72. The van der Waals surface area contributed by atoms with Crippen LogP contribution >= 0.6 is 0 Å². The van der Waals surface area contributed by atoms with Gasteiger partial charge in [-0.25, -0.2) is 4.79 Å². The molecule has 0 fully saturated rings. The fourth-order valence-corrected chi connectivity index (χ4v) is 3.72. The lowest BCUT2D eigenvalue weighted by Gasteiger charge is -2.24. The highest BCUT2D eigenvalue weighted by Gasteiger charge is 2.26. The third-order valence-electron chi connectivity index (χ3n) is 5.19. The van der Waals surface area contributed by atoms with Crippen molar-refractivity contribution in [1.29, 1.82) is 0 Å². The van der Waals surface area contributed by atoms with E-state index in [4.69, 9.17) is 16.6 Å². The van der Waals surface area contributed by atoms with Gasteiger partial charge in [-0.1, -0.05) is 30.3 Å². The van der Waals surface area contributed by atoms with E-state index in [1.807, 2.05) is 34.8 Å². The number of aryl methyl sites for hydroxylation is 1. The molecule has 0 saturated carbocycles. The summed E-state index contributed by atoms with van der Waals surface area (Å²) in [7, 11) is 1.96. The average molecular weight is 384 g/mol. The molecule has 0 aliphatic carbocycles. The van der Waals surface area contributed by atoms with Gasteiger partial charge in [-0.3, -0.25) is 9.48 Å². The maximum absolute atomic E-state index is 12.8. The monoisotopic (exact) mass is 384 g/mol. The van der Waals surface area contributed by atoms with E-state index in [-0.39, 0.29) is 5.91 Å². The second-order valence-corrected chi connectivity index (χ2v) is 7.13. The minimum atomic E-state index is -0.567. The zero-order valence-corrected chi connectivity index (χ0v) is 16.2. The van der Waals surface area contributed by atoms with Crippen LogP contribution in [0.15, 0.2) is 30.3 Å². The number of hydrogen-bond acceptors (Lipinski definition) is 4. The molecule has 1 aromatic heterocycles. The van der Waals surface area contributed by atoms with Crippen LogP contribution < -0.4 is 16.8 Å². The normalized spacial score (nSPS) is 14.9. The van der Waals surface area contributed by atoms with Crippen LogP contribution in [0.5, 0.6) is 0 Å². The first-order chi connectivity index (χ1) is 13.5. The summed E-state index contributed by atoms with van der Waals surface area (Å²) in [6.07, 6.45) is 2.65. The maximum Gasteiger partial charge on any atom is 0.312 e. The molecule has 0 radical (unpaired) electrons. The number of carbonyl (C=O) groups is 2. The number of carbonyl (C=O) groups excluding carboxylic acids is 2. The van der Waals surface area contributed by atoms with Gasteiger partial charge >= 0.3 is 6.03 Å². The van der Waals surface area contributed by atoms with E-state index < -0.39 is 12.1 Å². The standard InChI is InChI=1S/C20H28N6O2/c1-25-17-10-13-26(19(27)16(21)8-5-11-23-20(22)28)12-9-15(17)18(24-25)14-6-3-2-4-7-14/h2-4,6-7,16H,5,8-13,21H2,1H3,(H3,22,23,28)/t16-/m0/s1. The van der Waals surface area contributed by atoms with Crippen molar-refractivity contribution in [3.05, 3.63) is 41.6 Å². The molecule has 1 aliphatic heterocycles. The summed E-state index contributed by atoms with van der Waals surface area (Å²) >= 11 is 0. The molecule has 5 N–H and O–H groups in total. The van der Waals surface area contributed by atoms with Gasteiger partial charge in [0.15, 0.2) is 0 Å². The number of amides is 3. The molecule has 28 heavy (non-hydrogen) atoms. The summed E-state index contributed by atoms with van der Waals surface area (Å²) in [6.45, 7) is 1.69. The van der Waals surface area contributed by atoms with Crippen LogP contribution in [-0.4, -0.2) is 52.3 Å². The number of hydrogen-bond donors (Lipinski definition) is 3. The van der Waals surface area contributed by atoms with Crippen molar-refractivity contribution in [2.45, 2.75) is 31.7 Å². The van der Waals surface area contributed by atoms with Gasteiger partial charge in [0.2, 0.25) is 5.91 Å². The topological polar surface area (TPSA) is 119 Å². The third-order valence-corrected chi connectivity index (χ3v) is 5.19. The molecule has 150 valence electrons. The van der Waals surface area contributed by atoms with Crippen LogP contribution in [-0.2, 0) is 24.7 Å². The van der Waals surface area contributed by atoms with Crippen molar-refractivity contribution < 1.29 is 9.59 Å². The summed E-state index contributed by atoms with van der Waals surface area (Å²) in [5.41, 5.74) is 15.6. The lowest BCUT2D eigenvalue weighted by atomic mass is 10.0. The minimum absolute atomic E-state index is 0.0406. The summed E-state index contributed by atoms with van der Waals surface area (Å²) < 4.78 is 1.93. The van der Waals surface area contributed by atoms with E-state index in [0.29, 0.717) is 32.5 Å². The van der Waals surface area contributed by atoms with Crippen molar-refractivity contribution in [3.8, 4) is 11.3 Å². The Kier molecular flexibility index (Phi) is 6.30. The second-order valence-electron chi connectivity index (χ2n) is 7.13. The number of rotatable bonds is 6. The molecule has 8 nitrogen and oxygen atoms in total. The molecular formula is C20H28N6O2. The Morgan fingerprint density at radius 2 is 1.93 bits per heavy atom. The molecule has 8 heteroatoms. The van der Waals surface area contributed by atoms with Crippen LogP contribution in [0.4, 0.5) is 4.79 Å². The molecule has 1 aromatic carbocycles. The molecule has 0 spiro atoms. The van der Waals surface area contributed by atoms with Gasteiger partial charge in [-0.2, -0.15) is 5.10 Å². The van der Waals surface area contributed by atoms with Gasteiger partial charge < -0.3 is 21.7 Å². The Labute approximate surface area is 164 Å². The Balaban J connectivity index is 1.64. The lowest BCUT2D eigenvalue weighted by molar-refractivity contribution is -0.132. The van der Waals surface area contributed by atoms with Crippen molar-refractivity contribution in [2.24, 2.45) is 18.5 Å². The highest BCUT2D eigenvalue weighted by atomic mass is 16.2. The van der Waals surface area contributed by atoms with E-state index in [2.05, 4.69) is 17.4 Å². The molecule has 2 heterocycles. The maximum atomic E-state index is 12.8. The van der Waals surface area contributed by atoms with E-state index in [1.54, 1.807) is 0 Å². The third kappa shape index (κ3) is 4.51. The van der Waals surface area contributed by atoms with Gasteiger partial charge in [0.25, 0.3) is 0 Å². The first-order valence-corrected chi connectivity index (χ1v) is 9.65. The van der Waals surface area contributed by atoms with E-state index in [0.717, 1.165) is 24.1 Å². The van der Waals surface area contributed by atoms with Crippen LogP contribution in [0.1, 0.15) is 24.1 Å². The predicted molar refractivity (Wildman–Crippen MR) is 107 cm³/mol. The number of nitrogens with zero attached hydrogens (tertiary/aromatic N) is 3. The fraction of sp³-hybridized carbons (Fsp3) is 0.450. The summed E-state index contributed by atoms with van der Waals surface area (Å²) in [5, 5.41) is 7.23. The van der Waals surface area contributed by atoms with Gasteiger partial charge in [0, 0.05) is 49.9 Å². The molecular weight excluding hydrogens is 356 g/mol. The minimum Gasteiger partial charge on any atom is -0.352 e. The molecule has 0 bridgehead atoms. The predicted octanol–water partition coefficient (Wildman–Crippen LogP) is 0.790. The molecule has 2 aromatic rings. The first-order valence-electron chi connectivity index (χ1n) is 9.65. The number of urea groups is 1. The number of nitrogens with one attached hydrogen (secondary N) is 1. The number of benzene rings is 1. The lowest BCUT2D eigenvalue weighted by Crippen LogP contribution is -2.45. The van der Waals surface area contributed by atoms with Gasteiger partial charge in [0.05, 0.1) is 11.7 Å². The number of aromatic nitrogens is 2.